The van der Waals surface area contributed by atoms with Crippen molar-refractivity contribution in [3.05, 3.63) is 47.5 Å². The first-order valence-electron chi connectivity index (χ1n) is 7.14. The van der Waals surface area contributed by atoms with E-state index in [4.69, 9.17) is 0 Å². The number of rotatable bonds is 4. The predicted molar refractivity (Wildman–Crippen MR) is 73.1 cm³/mol. The molecule has 3 atom stereocenters. The van der Waals surface area contributed by atoms with E-state index in [1.165, 1.54) is 37.7 Å². The van der Waals surface area contributed by atoms with Crippen molar-refractivity contribution in [2.75, 3.05) is 0 Å². The lowest BCUT2D eigenvalue weighted by Crippen LogP contribution is -2.04. The molecule has 3 unspecified atom stereocenters. The van der Waals surface area contributed by atoms with Crippen molar-refractivity contribution >= 4 is 0 Å². The smallest absolute Gasteiger partial charge is 0.00932 e. The molecule has 3 rings (SSSR count). The van der Waals surface area contributed by atoms with Gasteiger partial charge in [0.1, 0.15) is 0 Å². The van der Waals surface area contributed by atoms with Crippen LogP contribution in [0.15, 0.2) is 36.4 Å². The summed E-state index contributed by atoms with van der Waals surface area (Å²) in [5.74, 6) is 2.52. The molecule has 0 N–H and O–H groups in total. The molecule has 1 saturated carbocycles. The Kier molecular flexibility index (Phi) is 3.05. The second-order valence-electron chi connectivity index (χ2n) is 5.73. The maximum absolute atomic E-state index is 2.45. The van der Waals surface area contributed by atoms with Crippen LogP contribution in [-0.4, -0.2) is 0 Å². The molecule has 2 bridgehead atoms. The van der Waals surface area contributed by atoms with Crippen molar-refractivity contribution in [3.63, 3.8) is 0 Å². The molecule has 0 saturated heterocycles. The third-order valence-corrected chi connectivity index (χ3v) is 4.51. The highest BCUT2D eigenvalue weighted by atomic mass is 14.4. The Morgan fingerprint density at radius 3 is 2.47 bits per heavy atom. The largest absolute Gasteiger partial charge is 0.0851 e. The molecule has 0 heterocycles. The van der Waals surface area contributed by atoms with Crippen molar-refractivity contribution in [1.82, 2.24) is 0 Å². The fourth-order valence-corrected chi connectivity index (χ4v) is 3.48. The Hall–Kier alpha value is -1.04. The Balaban J connectivity index is 1.70. The van der Waals surface area contributed by atoms with Gasteiger partial charge in [0.15, 0.2) is 0 Å². The number of hydrogen-bond donors (Lipinski definition) is 0. The molecule has 1 fully saturated rings. The van der Waals surface area contributed by atoms with E-state index in [-0.39, 0.29) is 0 Å². The summed E-state index contributed by atoms with van der Waals surface area (Å²) >= 11 is 0. The molecule has 0 aromatic heterocycles. The van der Waals surface area contributed by atoms with Gasteiger partial charge in [0.25, 0.3) is 0 Å². The molecule has 90 valence electrons. The highest BCUT2D eigenvalue weighted by molar-refractivity contribution is 5.30. The standard InChI is InChI=1S/C17H22/c1-2-3-4-13-5-8-15(9-6-13)17-12-14-7-10-16(17)11-14/h5-10,14,16-17H,2-4,11-12H2,1H3. The second-order valence-corrected chi connectivity index (χ2v) is 5.73. The minimum atomic E-state index is 0.810. The molecule has 0 aliphatic heterocycles. The molecular weight excluding hydrogens is 204 g/mol. The topological polar surface area (TPSA) is 0 Å². The SMILES string of the molecule is CCCCc1ccc(C2CC3C=CC2C3)cc1. The zero-order valence-electron chi connectivity index (χ0n) is 10.7. The number of hydrogen-bond acceptors (Lipinski definition) is 0. The molecule has 1 aromatic rings. The molecule has 1 aromatic carbocycles. The first kappa shape index (κ1) is 11.1. The fourth-order valence-electron chi connectivity index (χ4n) is 3.48. The van der Waals surface area contributed by atoms with E-state index in [0.717, 1.165) is 17.8 Å². The molecule has 0 radical (unpaired) electrons. The minimum Gasteiger partial charge on any atom is -0.0851 e. The van der Waals surface area contributed by atoms with E-state index < -0.39 is 0 Å². The average Bonchev–Trinajstić information content (AvgIpc) is 2.99. The van der Waals surface area contributed by atoms with E-state index in [0.29, 0.717) is 0 Å². The van der Waals surface area contributed by atoms with Crippen LogP contribution >= 0.6 is 0 Å². The molecule has 0 heteroatoms. The van der Waals surface area contributed by atoms with Crippen molar-refractivity contribution in [2.45, 2.75) is 44.9 Å². The molecule has 2 aliphatic rings. The first-order valence-corrected chi connectivity index (χ1v) is 7.14. The summed E-state index contributed by atoms with van der Waals surface area (Å²) in [5.41, 5.74) is 3.08. The highest BCUT2D eigenvalue weighted by Gasteiger charge is 2.36. The quantitative estimate of drug-likeness (QED) is 0.652. The Labute approximate surface area is 105 Å². The van der Waals surface area contributed by atoms with Gasteiger partial charge in [-0.15, -0.1) is 0 Å². The minimum absolute atomic E-state index is 0.810. The summed E-state index contributed by atoms with van der Waals surface area (Å²) < 4.78 is 0. The van der Waals surface area contributed by atoms with Crippen molar-refractivity contribution < 1.29 is 0 Å². The fraction of sp³-hybridized carbons (Fsp3) is 0.529. The summed E-state index contributed by atoms with van der Waals surface area (Å²) in [6, 6.07) is 9.45. The zero-order chi connectivity index (χ0) is 11.7. The third kappa shape index (κ3) is 2.18. The van der Waals surface area contributed by atoms with Gasteiger partial charge in [-0.3, -0.25) is 0 Å². The van der Waals surface area contributed by atoms with Crippen LogP contribution in [0.2, 0.25) is 0 Å². The van der Waals surface area contributed by atoms with E-state index in [2.05, 4.69) is 43.3 Å². The van der Waals surface area contributed by atoms with E-state index in [1.54, 1.807) is 5.56 Å². The lowest BCUT2D eigenvalue weighted by atomic mass is 9.86. The van der Waals surface area contributed by atoms with Crippen LogP contribution in [0.1, 0.15) is 49.7 Å². The Morgan fingerprint density at radius 2 is 1.88 bits per heavy atom. The number of fused-ring (bicyclic) bond motifs is 2. The Morgan fingerprint density at radius 1 is 1.06 bits per heavy atom. The van der Waals surface area contributed by atoms with E-state index >= 15 is 0 Å². The van der Waals surface area contributed by atoms with Gasteiger partial charge in [-0.1, -0.05) is 49.8 Å². The van der Waals surface area contributed by atoms with Gasteiger partial charge in [0.05, 0.1) is 0 Å². The van der Waals surface area contributed by atoms with Crippen LogP contribution in [0.5, 0.6) is 0 Å². The second kappa shape index (κ2) is 4.68. The van der Waals surface area contributed by atoms with Gasteiger partial charge in [-0.05, 0) is 54.6 Å². The van der Waals surface area contributed by atoms with Gasteiger partial charge >= 0.3 is 0 Å². The number of allylic oxidation sites excluding steroid dienone is 2. The summed E-state index contributed by atoms with van der Waals surface area (Å²) in [6.45, 7) is 2.26. The number of aryl methyl sites for hydroxylation is 1. The van der Waals surface area contributed by atoms with Crippen LogP contribution < -0.4 is 0 Å². The van der Waals surface area contributed by atoms with Crippen LogP contribution in [0.25, 0.3) is 0 Å². The lowest BCUT2D eigenvalue weighted by Gasteiger charge is -2.18. The molecular formula is C17H22. The first-order chi connectivity index (χ1) is 8.36. The van der Waals surface area contributed by atoms with Gasteiger partial charge in [0, 0.05) is 0 Å². The van der Waals surface area contributed by atoms with Gasteiger partial charge in [-0.25, -0.2) is 0 Å². The van der Waals surface area contributed by atoms with Crippen LogP contribution in [0.4, 0.5) is 0 Å². The highest BCUT2D eigenvalue weighted by Crippen LogP contribution is 2.48. The Bertz CT molecular complexity index is 399. The van der Waals surface area contributed by atoms with Crippen LogP contribution in [0, 0.1) is 11.8 Å². The number of unbranched alkanes of at least 4 members (excludes halogenated alkanes) is 1. The maximum atomic E-state index is 2.45. The monoisotopic (exact) mass is 226 g/mol. The third-order valence-electron chi connectivity index (χ3n) is 4.51. The van der Waals surface area contributed by atoms with Gasteiger partial charge in [-0.2, -0.15) is 0 Å². The summed E-state index contributed by atoms with van der Waals surface area (Å²) in [7, 11) is 0. The van der Waals surface area contributed by atoms with Crippen molar-refractivity contribution in [3.8, 4) is 0 Å². The summed E-state index contributed by atoms with van der Waals surface area (Å²) in [6.07, 6.45) is 11.5. The summed E-state index contributed by atoms with van der Waals surface area (Å²) in [5, 5.41) is 0. The van der Waals surface area contributed by atoms with E-state index in [9.17, 15) is 0 Å². The predicted octanol–water partition coefficient (Wildman–Crippen LogP) is 4.71. The molecule has 0 amide bonds. The number of benzene rings is 1. The summed E-state index contributed by atoms with van der Waals surface area (Å²) in [4.78, 5) is 0. The maximum Gasteiger partial charge on any atom is -0.00932 e. The molecule has 0 spiro atoms. The van der Waals surface area contributed by atoms with Crippen molar-refractivity contribution in [2.24, 2.45) is 11.8 Å². The normalized spacial score (nSPS) is 30.1. The van der Waals surface area contributed by atoms with E-state index in [1.807, 2.05) is 0 Å². The molecule has 0 nitrogen and oxygen atoms in total. The van der Waals surface area contributed by atoms with Gasteiger partial charge in [0.2, 0.25) is 0 Å². The zero-order valence-corrected chi connectivity index (χ0v) is 10.7. The van der Waals surface area contributed by atoms with Crippen LogP contribution in [0.3, 0.4) is 0 Å². The lowest BCUT2D eigenvalue weighted by molar-refractivity contribution is 0.585. The molecule has 2 aliphatic carbocycles. The average molecular weight is 226 g/mol. The molecule has 17 heavy (non-hydrogen) atoms. The van der Waals surface area contributed by atoms with Gasteiger partial charge < -0.3 is 0 Å². The van der Waals surface area contributed by atoms with Crippen molar-refractivity contribution in [1.29, 1.82) is 0 Å². The van der Waals surface area contributed by atoms with Crippen LogP contribution in [-0.2, 0) is 6.42 Å².